The zero-order valence-corrected chi connectivity index (χ0v) is 11.5. The molecule has 0 fully saturated rings. The van der Waals surface area contributed by atoms with Gasteiger partial charge in [-0.1, -0.05) is 13.8 Å². The molecule has 2 atom stereocenters. The molecule has 4 heteroatoms. The SMILES string of the molecule is CCC(C)SCC(Cc1nccn1C)NC. The van der Waals surface area contributed by atoms with E-state index in [9.17, 15) is 0 Å². The zero-order chi connectivity index (χ0) is 12.0. The number of aryl methyl sites for hydroxylation is 1. The number of rotatable bonds is 7. The standard InChI is InChI=1S/C12H23N3S/c1-5-10(2)16-9-11(13-3)8-12-14-6-7-15(12)4/h6-7,10-11,13H,5,8-9H2,1-4H3. The van der Waals surface area contributed by atoms with Crippen LogP contribution in [-0.2, 0) is 13.5 Å². The molecular weight excluding hydrogens is 218 g/mol. The molecule has 0 saturated carbocycles. The highest BCUT2D eigenvalue weighted by atomic mass is 32.2. The van der Waals surface area contributed by atoms with Gasteiger partial charge in [0.1, 0.15) is 5.82 Å². The summed E-state index contributed by atoms with van der Waals surface area (Å²) >= 11 is 2.04. The second kappa shape index (κ2) is 6.97. The van der Waals surface area contributed by atoms with E-state index in [1.807, 2.05) is 31.2 Å². The Hall–Kier alpha value is -0.480. The van der Waals surface area contributed by atoms with E-state index in [2.05, 4.69) is 35.8 Å². The smallest absolute Gasteiger partial charge is 0.109 e. The van der Waals surface area contributed by atoms with Gasteiger partial charge in [-0.25, -0.2) is 4.98 Å². The molecule has 92 valence electrons. The average Bonchev–Trinajstić information content (AvgIpc) is 2.69. The van der Waals surface area contributed by atoms with Crippen LogP contribution in [0.1, 0.15) is 26.1 Å². The molecule has 1 rings (SSSR count). The molecule has 0 radical (unpaired) electrons. The molecule has 0 amide bonds. The van der Waals surface area contributed by atoms with E-state index < -0.39 is 0 Å². The Morgan fingerprint density at radius 3 is 2.81 bits per heavy atom. The number of aromatic nitrogens is 2. The van der Waals surface area contributed by atoms with Gasteiger partial charge in [-0.3, -0.25) is 0 Å². The Bertz CT molecular complexity index is 298. The highest BCUT2D eigenvalue weighted by Crippen LogP contribution is 2.15. The van der Waals surface area contributed by atoms with Crippen molar-refractivity contribution in [1.29, 1.82) is 0 Å². The predicted molar refractivity (Wildman–Crippen MR) is 72.0 cm³/mol. The van der Waals surface area contributed by atoms with Crippen LogP contribution in [-0.4, -0.2) is 33.6 Å². The van der Waals surface area contributed by atoms with Crippen molar-refractivity contribution in [2.45, 2.75) is 38.0 Å². The maximum absolute atomic E-state index is 4.36. The third-order valence-corrected chi connectivity index (χ3v) is 4.41. The second-order valence-electron chi connectivity index (χ2n) is 4.20. The summed E-state index contributed by atoms with van der Waals surface area (Å²) in [6.07, 6.45) is 6.11. The maximum Gasteiger partial charge on any atom is 0.109 e. The molecule has 2 unspecified atom stereocenters. The van der Waals surface area contributed by atoms with Crippen LogP contribution in [0.2, 0.25) is 0 Å². The van der Waals surface area contributed by atoms with Crippen molar-refractivity contribution in [3.05, 3.63) is 18.2 Å². The lowest BCUT2D eigenvalue weighted by molar-refractivity contribution is 0.585. The summed E-state index contributed by atoms with van der Waals surface area (Å²) in [6.45, 7) is 4.53. The first kappa shape index (κ1) is 13.6. The summed E-state index contributed by atoms with van der Waals surface area (Å²) < 4.78 is 2.10. The fourth-order valence-electron chi connectivity index (χ4n) is 1.46. The highest BCUT2D eigenvalue weighted by molar-refractivity contribution is 7.99. The van der Waals surface area contributed by atoms with E-state index in [0.29, 0.717) is 6.04 Å². The van der Waals surface area contributed by atoms with Gasteiger partial charge in [-0.05, 0) is 13.5 Å². The topological polar surface area (TPSA) is 29.9 Å². The minimum Gasteiger partial charge on any atom is -0.338 e. The van der Waals surface area contributed by atoms with Gasteiger partial charge >= 0.3 is 0 Å². The molecule has 0 aliphatic rings. The fourth-order valence-corrected chi connectivity index (χ4v) is 2.54. The monoisotopic (exact) mass is 241 g/mol. The first-order valence-corrected chi connectivity index (χ1v) is 6.97. The average molecular weight is 241 g/mol. The number of nitrogens with one attached hydrogen (secondary N) is 1. The van der Waals surface area contributed by atoms with Crippen molar-refractivity contribution in [1.82, 2.24) is 14.9 Å². The maximum atomic E-state index is 4.36. The molecule has 0 bridgehead atoms. The summed E-state index contributed by atoms with van der Waals surface area (Å²) in [5.74, 6) is 2.31. The Balaban J connectivity index is 2.40. The lowest BCUT2D eigenvalue weighted by Crippen LogP contribution is -2.31. The Kier molecular flexibility index (Phi) is 5.91. The van der Waals surface area contributed by atoms with Crippen LogP contribution in [0.3, 0.4) is 0 Å². The first-order chi connectivity index (χ1) is 7.67. The van der Waals surface area contributed by atoms with Crippen molar-refractivity contribution in [3.8, 4) is 0 Å². The van der Waals surface area contributed by atoms with Gasteiger partial charge in [0.05, 0.1) is 0 Å². The predicted octanol–water partition coefficient (Wildman–Crippen LogP) is 2.08. The zero-order valence-electron chi connectivity index (χ0n) is 10.7. The molecule has 1 heterocycles. The Morgan fingerprint density at radius 2 is 2.31 bits per heavy atom. The minimum atomic E-state index is 0.514. The van der Waals surface area contributed by atoms with Crippen molar-refractivity contribution >= 4 is 11.8 Å². The van der Waals surface area contributed by atoms with Gasteiger partial charge < -0.3 is 9.88 Å². The number of imidazole rings is 1. The molecule has 1 aromatic heterocycles. The second-order valence-corrected chi connectivity index (χ2v) is 5.67. The van der Waals surface area contributed by atoms with Gasteiger partial charge in [-0.2, -0.15) is 11.8 Å². The van der Waals surface area contributed by atoms with Crippen LogP contribution < -0.4 is 5.32 Å². The molecule has 0 aliphatic heterocycles. The third kappa shape index (κ3) is 4.18. The van der Waals surface area contributed by atoms with Gasteiger partial charge in [-0.15, -0.1) is 0 Å². The third-order valence-electron chi connectivity index (χ3n) is 2.92. The highest BCUT2D eigenvalue weighted by Gasteiger charge is 2.11. The lowest BCUT2D eigenvalue weighted by Gasteiger charge is -2.17. The van der Waals surface area contributed by atoms with E-state index in [1.165, 1.54) is 6.42 Å². The van der Waals surface area contributed by atoms with Crippen molar-refractivity contribution in [2.24, 2.45) is 7.05 Å². The molecule has 1 aromatic rings. The van der Waals surface area contributed by atoms with E-state index in [-0.39, 0.29) is 0 Å². The van der Waals surface area contributed by atoms with Gasteiger partial charge in [0.25, 0.3) is 0 Å². The summed E-state index contributed by atoms with van der Waals surface area (Å²) in [7, 11) is 4.08. The largest absolute Gasteiger partial charge is 0.338 e. The summed E-state index contributed by atoms with van der Waals surface area (Å²) in [4.78, 5) is 4.36. The van der Waals surface area contributed by atoms with Crippen LogP contribution in [0, 0.1) is 0 Å². The molecule has 0 aliphatic carbocycles. The van der Waals surface area contributed by atoms with E-state index >= 15 is 0 Å². The fraction of sp³-hybridized carbons (Fsp3) is 0.750. The first-order valence-electron chi connectivity index (χ1n) is 5.92. The van der Waals surface area contributed by atoms with E-state index in [4.69, 9.17) is 0 Å². The van der Waals surface area contributed by atoms with Crippen LogP contribution in [0.15, 0.2) is 12.4 Å². The summed E-state index contributed by atoms with van der Waals surface area (Å²) in [6, 6.07) is 0.514. The van der Waals surface area contributed by atoms with Crippen molar-refractivity contribution < 1.29 is 0 Å². The molecule has 0 aromatic carbocycles. The van der Waals surface area contributed by atoms with Crippen LogP contribution >= 0.6 is 11.8 Å². The minimum absolute atomic E-state index is 0.514. The number of thioether (sulfide) groups is 1. The molecular formula is C12H23N3S. The van der Waals surface area contributed by atoms with Gasteiger partial charge in [0.2, 0.25) is 0 Å². The van der Waals surface area contributed by atoms with Crippen LogP contribution in [0.25, 0.3) is 0 Å². The van der Waals surface area contributed by atoms with Crippen molar-refractivity contribution in [2.75, 3.05) is 12.8 Å². The Labute approximate surface area is 103 Å². The van der Waals surface area contributed by atoms with E-state index in [0.717, 1.165) is 23.2 Å². The number of likely N-dealkylation sites (N-methyl/N-ethyl adjacent to an activating group) is 1. The van der Waals surface area contributed by atoms with Crippen LogP contribution in [0.4, 0.5) is 0 Å². The van der Waals surface area contributed by atoms with Crippen molar-refractivity contribution in [3.63, 3.8) is 0 Å². The molecule has 0 saturated heterocycles. The van der Waals surface area contributed by atoms with E-state index in [1.54, 1.807) is 0 Å². The quantitative estimate of drug-likeness (QED) is 0.792. The molecule has 16 heavy (non-hydrogen) atoms. The molecule has 0 spiro atoms. The summed E-state index contributed by atoms with van der Waals surface area (Å²) in [5.41, 5.74) is 0. The normalized spacial score (nSPS) is 15.0. The molecule has 3 nitrogen and oxygen atoms in total. The molecule has 1 N–H and O–H groups in total. The van der Waals surface area contributed by atoms with Gasteiger partial charge in [0.15, 0.2) is 0 Å². The summed E-state index contributed by atoms with van der Waals surface area (Å²) in [5, 5.41) is 4.12. The number of hydrogen-bond donors (Lipinski definition) is 1. The van der Waals surface area contributed by atoms with Gasteiger partial charge in [0, 0.05) is 42.9 Å². The number of hydrogen-bond acceptors (Lipinski definition) is 3. The number of nitrogens with zero attached hydrogens (tertiary/aromatic N) is 2. The Morgan fingerprint density at radius 1 is 1.56 bits per heavy atom. The lowest BCUT2D eigenvalue weighted by atomic mass is 10.2. The van der Waals surface area contributed by atoms with Crippen LogP contribution in [0.5, 0.6) is 0 Å².